The van der Waals surface area contributed by atoms with Crippen LogP contribution in [0.25, 0.3) is 0 Å². The number of carbonyl (C=O) groups is 1. The zero-order valence-corrected chi connectivity index (χ0v) is 18.0. The molecule has 2 aromatic rings. The van der Waals surface area contributed by atoms with Gasteiger partial charge in [-0.3, -0.25) is 0 Å². The highest BCUT2D eigenvalue weighted by molar-refractivity contribution is 5.92. The highest BCUT2D eigenvalue weighted by Gasteiger charge is 2.20. The molecule has 0 aromatic heterocycles. The molecule has 0 heterocycles. The van der Waals surface area contributed by atoms with Gasteiger partial charge in [0, 0.05) is 13.6 Å². The first-order chi connectivity index (χ1) is 13.4. The Morgan fingerprint density at radius 2 is 1.75 bits per heavy atom. The van der Waals surface area contributed by atoms with Crippen LogP contribution in [-0.2, 0) is 4.74 Å². The molecule has 4 nitrogen and oxygen atoms in total. The fourth-order valence-corrected chi connectivity index (χ4v) is 2.94. The molecule has 4 heteroatoms. The van der Waals surface area contributed by atoms with Crippen molar-refractivity contribution in [3.63, 3.8) is 0 Å². The van der Waals surface area contributed by atoms with Gasteiger partial charge in [-0.25, -0.2) is 9.79 Å². The van der Waals surface area contributed by atoms with Crippen LogP contribution < -0.4 is 0 Å². The Hall–Kier alpha value is -2.62. The summed E-state index contributed by atoms with van der Waals surface area (Å²) in [5.41, 5.74) is 5.63. The molecule has 1 atom stereocenters. The van der Waals surface area contributed by atoms with Gasteiger partial charge in [0.25, 0.3) is 0 Å². The minimum absolute atomic E-state index is 0.228. The van der Waals surface area contributed by atoms with Crippen LogP contribution in [0.4, 0.5) is 5.69 Å². The molecule has 0 bridgehead atoms. The highest BCUT2D eigenvalue weighted by Crippen LogP contribution is 2.28. The van der Waals surface area contributed by atoms with Crippen molar-refractivity contribution in [3.05, 3.63) is 64.2 Å². The quantitative estimate of drug-likeness (QED) is 0.324. The molecule has 0 saturated heterocycles. The summed E-state index contributed by atoms with van der Waals surface area (Å²) < 4.78 is 5.91. The van der Waals surface area contributed by atoms with Crippen LogP contribution in [0.15, 0.2) is 41.4 Å². The molecule has 2 aromatic carbocycles. The van der Waals surface area contributed by atoms with Crippen molar-refractivity contribution in [1.29, 1.82) is 0 Å². The molecule has 0 radical (unpaired) electrons. The molecule has 0 spiro atoms. The summed E-state index contributed by atoms with van der Waals surface area (Å²) in [5.74, 6) is -0.277. The number of carbonyl (C=O) groups excluding carboxylic acids is 1. The summed E-state index contributed by atoms with van der Waals surface area (Å²) in [6, 6.07) is 11.9. The van der Waals surface area contributed by atoms with Crippen LogP contribution in [-0.4, -0.2) is 30.8 Å². The van der Waals surface area contributed by atoms with Crippen LogP contribution in [0.5, 0.6) is 0 Å². The Balaban J connectivity index is 2.23. The summed E-state index contributed by atoms with van der Waals surface area (Å²) >= 11 is 0. The second-order valence-corrected chi connectivity index (χ2v) is 7.29. The summed E-state index contributed by atoms with van der Waals surface area (Å²) in [6.45, 7) is 11.1. The highest BCUT2D eigenvalue weighted by atomic mass is 16.5. The summed E-state index contributed by atoms with van der Waals surface area (Å²) in [5, 5.41) is 0. The Bertz CT molecular complexity index is 825. The number of hydrogen-bond donors (Lipinski definition) is 0. The predicted molar refractivity (Wildman–Crippen MR) is 117 cm³/mol. The fraction of sp³-hybridized carbons (Fsp3) is 0.417. The van der Waals surface area contributed by atoms with E-state index >= 15 is 0 Å². The van der Waals surface area contributed by atoms with Gasteiger partial charge in [0.15, 0.2) is 0 Å². The fourth-order valence-electron chi connectivity index (χ4n) is 2.94. The zero-order chi connectivity index (χ0) is 20.7. The van der Waals surface area contributed by atoms with Gasteiger partial charge in [-0.05, 0) is 62.9 Å². The molecule has 2 rings (SSSR count). The van der Waals surface area contributed by atoms with Crippen molar-refractivity contribution < 1.29 is 9.53 Å². The Morgan fingerprint density at radius 1 is 1.07 bits per heavy atom. The number of aryl methyl sites for hydroxylation is 1. The van der Waals surface area contributed by atoms with Crippen LogP contribution in [0.2, 0.25) is 0 Å². The lowest BCUT2D eigenvalue weighted by atomic mass is 10.0. The van der Waals surface area contributed by atoms with Gasteiger partial charge in [0.05, 0.1) is 17.6 Å². The van der Waals surface area contributed by atoms with Crippen molar-refractivity contribution in [2.45, 2.75) is 53.6 Å². The molecule has 1 unspecified atom stereocenters. The monoisotopic (exact) mass is 380 g/mol. The smallest absolute Gasteiger partial charge is 0.339 e. The largest absolute Gasteiger partial charge is 0.454 e. The van der Waals surface area contributed by atoms with Gasteiger partial charge >= 0.3 is 5.97 Å². The second kappa shape index (κ2) is 10.1. The van der Waals surface area contributed by atoms with E-state index in [1.54, 1.807) is 0 Å². The van der Waals surface area contributed by atoms with Crippen LogP contribution >= 0.6 is 0 Å². The lowest BCUT2D eigenvalue weighted by Gasteiger charge is -2.19. The van der Waals surface area contributed by atoms with Gasteiger partial charge in [0.1, 0.15) is 6.10 Å². The van der Waals surface area contributed by atoms with Crippen molar-refractivity contribution in [3.8, 4) is 0 Å². The molecule has 0 fully saturated rings. The van der Waals surface area contributed by atoms with E-state index < -0.39 is 0 Å². The minimum Gasteiger partial charge on any atom is -0.454 e. The molecule has 28 heavy (non-hydrogen) atoms. The molecule has 0 amide bonds. The molecular weight excluding hydrogens is 348 g/mol. The van der Waals surface area contributed by atoms with E-state index in [0.29, 0.717) is 5.56 Å². The normalized spacial score (nSPS) is 12.2. The summed E-state index contributed by atoms with van der Waals surface area (Å²) in [7, 11) is 1.98. The number of esters is 1. The third-order valence-corrected chi connectivity index (χ3v) is 5.12. The maximum Gasteiger partial charge on any atom is 0.339 e. The average Bonchev–Trinajstić information content (AvgIpc) is 2.69. The molecule has 150 valence electrons. The topological polar surface area (TPSA) is 41.9 Å². The SMILES string of the molecule is CCCC(OC(=O)c1ccc(/N=C/N(C)CC)c(C)c1C)c1ccc(C)cc1. The van der Waals surface area contributed by atoms with E-state index in [4.69, 9.17) is 4.74 Å². The van der Waals surface area contributed by atoms with E-state index in [2.05, 4.69) is 37.9 Å². The zero-order valence-electron chi connectivity index (χ0n) is 18.0. The number of benzene rings is 2. The minimum atomic E-state index is -0.277. The second-order valence-electron chi connectivity index (χ2n) is 7.29. The molecule has 0 aliphatic rings. The van der Waals surface area contributed by atoms with Crippen molar-refractivity contribution in [2.24, 2.45) is 4.99 Å². The summed E-state index contributed by atoms with van der Waals surface area (Å²) in [6.07, 6.45) is 3.34. The Kier molecular flexibility index (Phi) is 7.80. The number of aliphatic imine (C=N–C) groups is 1. The first kappa shape index (κ1) is 21.7. The molecule has 0 saturated carbocycles. The molecule has 0 aliphatic heterocycles. The standard InChI is InChI=1S/C24H32N2O2/c1-7-9-23(20-12-10-17(3)11-13-20)28-24(27)21-14-15-22(19(5)18(21)4)25-16-26(6)8-2/h10-16,23H,7-9H2,1-6H3/b25-16+. The van der Waals surface area contributed by atoms with E-state index in [1.165, 1.54) is 5.56 Å². The molecular formula is C24H32N2O2. The third kappa shape index (κ3) is 5.44. The van der Waals surface area contributed by atoms with Crippen LogP contribution in [0.1, 0.15) is 65.4 Å². The van der Waals surface area contributed by atoms with Gasteiger partial charge in [-0.15, -0.1) is 0 Å². The number of nitrogens with zero attached hydrogens (tertiary/aromatic N) is 2. The Morgan fingerprint density at radius 3 is 2.36 bits per heavy atom. The van der Waals surface area contributed by atoms with Gasteiger partial charge in [0.2, 0.25) is 0 Å². The van der Waals surface area contributed by atoms with Gasteiger partial charge in [-0.1, -0.05) is 43.2 Å². The van der Waals surface area contributed by atoms with E-state index in [-0.39, 0.29) is 12.1 Å². The predicted octanol–water partition coefficient (Wildman–Crippen LogP) is 5.92. The Labute approximate surface area is 169 Å². The molecule has 0 aliphatic carbocycles. The maximum atomic E-state index is 12.9. The van der Waals surface area contributed by atoms with Gasteiger partial charge in [-0.2, -0.15) is 0 Å². The lowest BCUT2D eigenvalue weighted by molar-refractivity contribution is 0.0274. The first-order valence-electron chi connectivity index (χ1n) is 9.99. The van der Waals surface area contributed by atoms with E-state index in [0.717, 1.165) is 41.8 Å². The average molecular weight is 381 g/mol. The summed E-state index contributed by atoms with van der Waals surface area (Å²) in [4.78, 5) is 19.4. The number of ether oxygens (including phenoxy) is 1. The third-order valence-electron chi connectivity index (χ3n) is 5.12. The molecule has 0 N–H and O–H groups in total. The lowest BCUT2D eigenvalue weighted by Crippen LogP contribution is -2.14. The first-order valence-corrected chi connectivity index (χ1v) is 9.99. The van der Waals surface area contributed by atoms with E-state index in [1.807, 2.05) is 56.4 Å². The van der Waals surface area contributed by atoms with Crippen LogP contribution in [0.3, 0.4) is 0 Å². The van der Waals surface area contributed by atoms with Crippen molar-refractivity contribution >= 4 is 18.0 Å². The number of rotatable bonds is 8. The number of hydrogen-bond acceptors (Lipinski definition) is 3. The van der Waals surface area contributed by atoms with E-state index in [9.17, 15) is 4.79 Å². The maximum absolute atomic E-state index is 12.9. The van der Waals surface area contributed by atoms with Gasteiger partial charge < -0.3 is 9.64 Å². The van der Waals surface area contributed by atoms with Crippen molar-refractivity contribution in [2.75, 3.05) is 13.6 Å². The van der Waals surface area contributed by atoms with Crippen molar-refractivity contribution in [1.82, 2.24) is 4.90 Å². The van der Waals surface area contributed by atoms with Crippen LogP contribution in [0, 0.1) is 20.8 Å².